The van der Waals surface area contributed by atoms with Gasteiger partial charge in [0.15, 0.2) is 0 Å². The molecule has 1 atom stereocenters. The molecule has 1 heterocycles. The Bertz CT molecular complexity index is 369. The molecule has 0 amide bonds. The minimum atomic E-state index is 0.593. The van der Waals surface area contributed by atoms with E-state index in [0.29, 0.717) is 6.04 Å². The average Bonchev–Trinajstić information content (AvgIpc) is 2.46. The fourth-order valence-corrected chi connectivity index (χ4v) is 2.72. The Labute approximate surface area is 116 Å². The second-order valence-corrected chi connectivity index (χ2v) is 5.66. The number of ether oxygens (including phenoxy) is 1. The summed E-state index contributed by atoms with van der Waals surface area (Å²) in [6.45, 7) is 5.73. The number of benzene rings is 1. The lowest BCUT2D eigenvalue weighted by Gasteiger charge is -2.33. The zero-order valence-electron chi connectivity index (χ0n) is 12.4. The Kier molecular flexibility index (Phi) is 5.23. The summed E-state index contributed by atoms with van der Waals surface area (Å²) in [7, 11) is 3.92. The largest absolute Gasteiger partial charge is 0.497 e. The van der Waals surface area contributed by atoms with Gasteiger partial charge in [-0.2, -0.15) is 0 Å². The van der Waals surface area contributed by atoms with E-state index >= 15 is 0 Å². The first-order chi connectivity index (χ1) is 9.19. The van der Waals surface area contributed by atoms with Crippen LogP contribution in [0.5, 0.6) is 5.75 Å². The molecule has 1 aliphatic heterocycles. The van der Waals surface area contributed by atoms with Crippen molar-refractivity contribution in [1.29, 1.82) is 0 Å². The summed E-state index contributed by atoms with van der Waals surface area (Å²) >= 11 is 0. The molecular formula is C16H26N2O. The van der Waals surface area contributed by atoms with Gasteiger partial charge in [0.1, 0.15) is 5.75 Å². The number of rotatable bonds is 5. The second-order valence-electron chi connectivity index (χ2n) is 5.66. The quantitative estimate of drug-likeness (QED) is 0.882. The molecule has 3 nitrogen and oxygen atoms in total. The van der Waals surface area contributed by atoms with Crippen molar-refractivity contribution in [3.05, 3.63) is 29.8 Å². The van der Waals surface area contributed by atoms with Crippen LogP contribution in [0.2, 0.25) is 0 Å². The number of piperidine rings is 1. The molecular weight excluding hydrogens is 236 g/mol. The highest BCUT2D eigenvalue weighted by molar-refractivity contribution is 5.27. The lowest BCUT2D eigenvalue weighted by Crippen LogP contribution is -2.40. The summed E-state index contributed by atoms with van der Waals surface area (Å²) in [5.41, 5.74) is 1.32. The van der Waals surface area contributed by atoms with Gasteiger partial charge in [-0.15, -0.1) is 0 Å². The smallest absolute Gasteiger partial charge is 0.118 e. The third-order valence-corrected chi connectivity index (χ3v) is 4.26. The van der Waals surface area contributed by atoms with Crippen molar-refractivity contribution in [3.8, 4) is 5.75 Å². The van der Waals surface area contributed by atoms with Crippen LogP contribution in [0.1, 0.15) is 25.3 Å². The number of likely N-dealkylation sites (tertiary alicyclic amines) is 1. The molecule has 1 aromatic rings. The normalized spacial score (nSPS) is 19.3. The lowest BCUT2D eigenvalue weighted by molar-refractivity contribution is 0.189. The first kappa shape index (κ1) is 14.4. The third-order valence-electron chi connectivity index (χ3n) is 4.26. The van der Waals surface area contributed by atoms with E-state index < -0.39 is 0 Å². The summed E-state index contributed by atoms with van der Waals surface area (Å²) in [5, 5.41) is 3.66. The fourth-order valence-electron chi connectivity index (χ4n) is 2.72. The summed E-state index contributed by atoms with van der Waals surface area (Å²) in [6.07, 6.45) is 2.63. The fraction of sp³-hybridized carbons (Fsp3) is 0.625. The molecule has 19 heavy (non-hydrogen) atoms. The van der Waals surface area contributed by atoms with Gasteiger partial charge in [0.25, 0.3) is 0 Å². The van der Waals surface area contributed by atoms with E-state index in [1.54, 1.807) is 7.11 Å². The third kappa shape index (κ3) is 4.22. The van der Waals surface area contributed by atoms with E-state index in [2.05, 4.69) is 36.3 Å². The van der Waals surface area contributed by atoms with E-state index in [4.69, 9.17) is 4.74 Å². The SMILES string of the molecule is COc1ccc(CNC(C)C2CCN(C)CC2)cc1. The first-order valence-corrected chi connectivity index (χ1v) is 7.24. The van der Waals surface area contributed by atoms with Crippen LogP contribution < -0.4 is 10.1 Å². The van der Waals surface area contributed by atoms with Gasteiger partial charge in [-0.05, 0) is 63.5 Å². The Morgan fingerprint density at radius 1 is 1.26 bits per heavy atom. The van der Waals surface area contributed by atoms with Gasteiger partial charge >= 0.3 is 0 Å². The number of nitrogens with zero attached hydrogens (tertiary/aromatic N) is 1. The predicted octanol–water partition coefficient (Wildman–Crippen LogP) is 2.52. The van der Waals surface area contributed by atoms with Gasteiger partial charge in [-0.3, -0.25) is 0 Å². The second kappa shape index (κ2) is 6.92. The molecule has 1 aromatic carbocycles. The van der Waals surface area contributed by atoms with Crippen LogP contribution >= 0.6 is 0 Å². The van der Waals surface area contributed by atoms with Crippen molar-refractivity contribution in [2.24, 2.45) is 5.92 Å². The number of nitrogens with one attached hydrogen (secondary N) is 1. The molecule has 0 aromatic heterocycles. The van der Waals surface area contributed by atoms with Crippen LogP contribution in [0.4, 0.5) is 0 Å². The molecule has 2 rings (SSSR count). The van der Waals surface area contributed by atoms with Crippen molar-refractivity contribution in [1.82, 2.24) is 10.2 Å². The minimum absolute atomic E-state index is 0.593. The summed E-state index contributed by atoms with van der Waals surface area (Å²) in [6, 6.07) is 8.91. The van der Waals surface area contributed by atoms with Gasteiger partial charge in [0.2, 0.25) is 0 Å². The average molecular weight is 262 g/mol. The van der Waals surface area contributed by atoms with Crippen molar-refractivity contribution in [3.63, 3.8) is 0 Å². The van der Waals surface area contributed by atoms with E-state index in [1.165, 1.54) is 31.5 Å². The van der Waals surface area contributed by atoms with Gasteiger partial charge in [0, 0.05) is 12.6 Å². The van der Waals surface area contributed by atoms with E-state index in [-0.39, 0.29) is 0 Å². The maximum Gasteiger partial charge on any atom is 0.118 e. The predicted molar refractivity (Wildman–Crippen MR) is 79.5 cm³/mol. The maximum absolute atomic E-state index is 5.17. The van der Waals surface area contributed by atoms with Crippen LogP contribution in [0.3, 0.4) is 0 Å². The van der Waals surface area contributed by atoms with Gasteiger partial charge < -0.3 is 15.0 Å². The lowest BCUT2D eigenvalue weighted by atomic mass is 9.90. The molecule has 1 aliphatic rings. The molecule has 0 radical (unpaired) electrons. The van der Waals surface area contributed by atoms with Gasteiger partial charge in [0.05, 0.1) is 7.11 Å². The van der Waals surface area contributed by atoms with Crippen LogP contribution in [0.25, 0.3) is 0 Å². The molecule has 0 aliphatic carbocycles. The zero-order valence-corrected chi connectivity index (χ0v) is 12.4. The molecule has 0 bridgehead atoms. The Morgan fingerprint density at radius 2 is 1.89 bits per heavy atom. The van der Waals surface area contributed by atoms with Gasteiger partial charge in [-0.25, -0.2) is 0 Å². The Balaban J connectivity index is 1.77. The van der Waals surface area contributed by atoms with Crippen molar-refractivity contribution < 1.29 is 4.74 Å². The standard InChI is InChI=1S/C16H26N2O/c1-13(15-8-10-18(2)11-9-15)17-12-14-4-6-16(19-3)7-5-14/h4-7,13,15,17H,8-12H2,1-3H3. The summed E-state index contributed by atoms with van der Waals surface area (Å²) in [4.78, 5) is 2.42. The van der Waals surface area contributed by atoms with Crippen LogP contribution in [-0.4, -0.2) is 38.2 Å². The Morgan fingerprint density at radius 3 is 2.47 bits per heavy atom. The molecule has 1 fully saturated rings. The summed E-state index contributed by atoms with van der Waals surface area (Å²) in [5.74, 6) is 1.74. The Hall–Kier alpha value is -1.06. The number of methoxy groups -OCH3 is 1. The molecule has 3 heteroatoms. The van der Waals surface area contributed by atoms with E-state index in [1.807, 2.05) is 12.1 Å². The van der Waals surface area contributed by atoms with E-state index in [0.717, 1.165) is 18.2 Å². The molecule has 1 unspecified atom stereocenters. The molecule has 1 saturated heterocycles. The molecule has 1 N–H and O–H groups in total. The van der Waals surface area contributed by atoms with Gasteiger partial charge in [-0.1, -0.05) is 12.1 Å². The number of hydrogen-bond acceptors (Lipinski definition) is 3. The summed E-state index contributed by atoms with van der Waals surface area (Å²) < 4.78 is 5.17. The molecule has 0 spiro atoms. The van der Waals surface area contributed by atoms with Crippen LogP contribution in [0, 0.1) is 5.92 Å². The highest BCUT2D eigenvalue weighted by Crippen LogP contribution is 2.20. The molecule has 0 saturated carbocycles. The first-order valence-electron chi connectivity index (χ1n) is 7.24. The highest BCUT2D eigenvalue weighted by Gasteiger charge is 2.21. The van der Waals surface area contributed by atoms with E-state index in [9.17, 15) is 0 Å². The molecule has 106 valence electrons. The topological polar surface area (TPSA) is 24.5 Å². The monoisotopic (exact) mass is 262 g/mol. The van der Waals surface area contributed by atoms with Crippen LogP contribution in [0.15, 0.2) is 24.3 Å². The maximum atomic E-state index is 5.17. The number of hydrogen-bond donors (Lipinski definition) is 1. The van der Waals surface area contributed by atoms with Crippen molar-refractivity contribution in [2.45, 2.75) is 32.4 Å². The van der Waals surface area contributed by atoms with Crippen molar-refractivity contribution >= 4 is 0 Å². The van der Waals surface area contributed by atoms with Crippen molar-refractivity contribution in [2.75, 3.05) is 27.2 Å². The zero-order chi connectivity index (χ0) is 13.7. The van der Waals surface area contributed by atoms with Crippen LogP contribution in [-0.2, 0) is 6.54 Å². The highest BCUT2D eigenvalue weighted by atomic mass is 16.5. The minimum Gasteiger partial charge on any atom is -0.497 e.